The van der Waals surface area contributed by atoms with E-state index < -0.39 is 24.2 Å². The third-order valence-electron chi connectivity index (χ3n) is 8.39. The van der Waals surface area contributed by atoms with E-state index in [0.29, 0.717) is 18.8 Å². The monoisotopic (exact) mass is 560 g/mol. The molecule has 0 amide bonds. The summed E-state index contributed by atoms with van der Waals surface area (Å²) in [5.41, 5.74) is 4.25. The second-order valence-electron chi connectivity index (χ2n) is 11.3. The summed E-state index contributed by atoms with van der Waals surface area (Å²) >= 11 is 0. The number of ether oxygens (including phenoxy) is 1. The number of rotatable bonds is 13. The Hall–Kier alpha value is -3.31. The van der Waals surface area contributed by atoms with Gasteiger partial charge in [-0.15, -0.1) is 0 Å². The van der Waals surface area contributed by atoms with Crippen LogP contribution in [0.2, 0.25) is 0 Å². The molecular weight excluding hydrogens is 518 g/mol. The topological polar surface area (TPSA) is 46.5 Å². The van der Waals surface area contributed by atoms with Gasteiger partial charge >= 0.3 is 5.97 Å². The molecule has 1 aliphatic carbocycles. The quantitative estimate of drug-likeness (QED) is 0.129. The van der Waals surface area contributed by atoms with Crippen LogP contribution in [0.1, 0.15) is 81.8 Å². The number of aliphatic hydroxyl groups excluding tert-OH is 1. The molecule has 0 bridgehead atoms. The van der Waals surface area contributed by atoms with Crippen LogP contribution in [0, 0.1) is 17.6 Å². The van der Waals surface area contributed by atoms with Gasteiger partial charge in [0.25, 0.3) is 0 Å². The highest BCUT2D eigenvalue weighted by Gasteiger charge is 2.22. The highest BCUT2D eigenvalue weighted by Crippen LogP contribution is 2.38. The van der Waals surface area contributed by atoms with E-state index in [1.165, 1.54) is 69.1 Å². The lowest BCUT2D eigenvalue weighted by atomic mass is 9.77. The van der Waals surface area contributed by atoms with E-state index in [2.05, 4.69) is 37.8 Å². The van der Waals surface area contributed by atoms with Gasteiger partial charge < -0.3 is 9.84 Å². The fraction of sp³-hybridized carbons (Fsp3) is 0.417. The molecule has 0 spiro atoms. The highest BCUT2D eigenvalue weighted by atomic mass is 19.1. The van der Waals surface area contributed by atoms with Gasteiger partial charge in [-0.25, -0.2) is 13.6 Å². The zero-order valence-electron chi connectivity index (χ0n) is 24.1. The van der Waals surface area contributed by atoms with E-state index in [-0.39, 0.29) is 23.3 Å². The molecule has 3 aromatic rings. The number of hydrogen-bond acceptors (Lipinski definition) is 3. The van der Waals surface area contributed by atoms with E-state index in [0.717, 1.165) is 22.6 Å². The molecule has 0 aromatic heterocycles. The second-order valence-corrected chi connectivity index (χ2v) is 11.3. The SMILES string of the molecule is C=C(CO)C(=O)OCCCc1ccc(-c2ccc(-c3ccc(C4CCC(CCCCC)CC4)cc3)cc2F)c(F)c1. The first-order valence-corrected chi connectivity index (χ1v) is 15.0. The molecule has 5 heteroatoms. The van der Waals surface area contributed by atoms with Gasteiger partial charge in [0, 0.05) is 11.1 Å². The molecule has 0 atom stereocenters. The van der Waals surface area contributed by atoms with Crippen LogP contribution in [0.5, 0.6) is 0 Å². The minimum Gasteiger partial charge on any atom is -0.462 e. The van der Waals surface area contributed by atoms with E-state index in [4.69, 9.17) is 9.84 Å². The maximum absolute atomic E-state index is 15.2. The van der Waals surface area contributed by atoms with E-state index >= 15 is 4.39 Å². The van der Waals surface area contributed by atoms with E-state index in [1.807, 2.05) is 6.07 Å². The molecule has 4 rings (SSSR count). The fourth-order valence-corrected chi connectivity index (χ4v) is 5.87. The van der Waals surface area contributed by atoms with Gasteiger partial charge in [0.1, 0.15) is 11.6 Å². The molecule has 0 aliphatic heterocycles. The summed E-state index contributed by atoms with van der Waals surface area (Å²) in [7, 11) is 0. The van der Waals surface area contributed by atoms with Crippen LogP contribution in [0.25, 0.3) is 22.3 Å². The van der Waals surface area contributed by atoms with Gasteiger partial charge in [0.2, 0.25) is 0 Å². The van der Waals surface area contributed by atoms with Gasteiger partial charge in [-0.3, -0.25) is 0 Å². The Morgan fingerprint density at radius 1 is 0.878 bits per heavy atom. The summed E-state index contributed by atoms with van der Waals surface area (Å²) in [6.07, 6.45) is 11.5. The first kappa shape index (κ1) is 30.6. The Bertz CT molecular complexity index is 1310. The Kier molecular flexibility index (Phi) is 11.3. The van der Waals surface area contributed by atoms with E-state index in [9.17, 15) is 9.18 Å². The summed E-state index contributed by atoms with van der Waals surface area (Å²) < 4.78 is 35.2. The lowest BCUT2D eigenvalue weighted by molar-refractivity contribution is -0.139. The van der Waals surface area contributed by atoms with E-state index in [1.54, 1.807) is 18.2 Å². The maximum atomic E-state index is 15.2. The minimum atomic E-state index is -0.640. The lowest BCUT2D eigenvalue weighted by Gasteiger charge is -2.29. The van der Waals surface area contributed by atoms with Gasteiger partial charge in [0.15, 0.2) is 0 Å². The van der Waals surface area contributed by atoms with Crippen LogP contribution < -0.4 is 0 Å². The number of hydrogen-bond donors (Lipinski definition) is 1. The molecular formula is C36H42F2O3. The van der Waals surface area contributed by atoms with Crippen molar-refractivity contribution in [2.24, 2.45) is 5.92 Å². The van der Waals surface area contributed by atoms with Crippen molar-refractivity contribution in [3.05, 3.63) is 95.6 Å². The largest absolute Gasteiger partial charge is 0.462 e. The fourth-order valence-electron chi connectivity index (χ4n) is 5.87. The van der Waals surface area contributed by atoms with Crippen LogP contribution in [0.15, 0.2) is 72.8 Å². The molecule has 0 saturated heterocycles. The Morgan fingerprint density at radius 3 is 2.17 bits per heavy atom. The summed E-state index contributed by atoms with van der Waals surface area (Å²) in [4.78, 5) is 11.5. The van der Waals surface area contributed by atoms with Crippen molar-refractivity contribution in [3.63, 3.8) is 0 Å². The average Bonchev–Trinajstić information content (AvgIpc) is 2.99. The standard InChI is InChI=1S/C36H42F2O3/c1-3-4-5-7-26-9-12-28(13-10-26)29-14-16-30(17-15-29)31-18-20-33(35(38)23-31)32-19-11-27(22-34(32)37)8-6-21-41-36(40)25(2)24-39/h11,14-20,22-23,26,28,39H,2-10,12-13,21,24H2,1H3. The number of halogens is 2. The van der Waals surface area contributed by atoms with Crippen LogP contribution in [-0.4, -0.2) is 24.3 Å². The second kappa shape index (κ2) is 15.1. The number of aliphatic hydroxyl groups is 1. The number of carbonyl (C=O) groups is 1. The van der Waals surface area contributed by atoms with Gasteiger partial charge in [0.05, 0.1) is 18.8 Å². The molecule has 0 radical (unpaired) electrons. The molecule has 0 heterocycles. The van der Waals surface area contributed by atoms with Crippen molar-refractivity contribution in [3.8, 4) is 22.3 Å². The average molecular weight is 561 g/mol. The van der Waals surface area contributed by atoms with Crippen molar-refractivity contribution in [2.75, 3.05) is 13.2 Å². The molecule has 3 aromatic carbocycles. The first-order valence-electron chi connectivity index (χ1n) is 15.0. The van der Waals surface area contributed by atoms with Crippen LogP contribution >= 0.6 is 0 Å². The highest BCUT2D eigenvalue weighted by molar-refractivity contribution is 5.87. The Balaban J connectivity index is 1.34. The third-order valence-corrected chi connectivity index (χ3v) is 8.39. The smallest absolute Gasteiger partial charge is 0.335 e. The zero-order chi connectivity index (χ0) is 29.2. The minimum absolute atomic E-state index is 0.00371. The van der Waals surface area contributed by atoms with Gasteiger partial charge in [-0.2, -0.15) is 0 Å². The van der Waals surface area contributed by atoms with Crippen molar-refractivity contribution in [1.82, 2.24) is 0 Å². The number of benzene rings is 3. The van der Waals surface area contributed by atoms with Gasteiger partial charge in [-0.05, 0) is 84.7 Å². The van der Waals surface area contributed by atoms with Crippen LogP contribution in [-0.2, 0) is 16.0 Å². The normalized spacial score (nSPS) is 16.9. The zero-order valence-corrected chi connectivity index (χ0v) is 24.1. The third kappa shape index (κ3) is 8.36. The number of carbonyl (C=O) groups excluding carboxylic acids is 1. The van der Waals surface area contributed by atoms with Crippen molar-refractivity contribution >= 4 is 5.97 Å². The number of aryl methyl sites for hydroxylation is 1. The van der Waals surface area contributed by atoms with Crippen molar-refractivity contribution < 1.29 is 23.4 Å². The molecule has 218 valence electrons. The summed E-state index contributed by atoms with van der Waals surface area (Å²) in [5.74, 6) is -0.104. The Labute approximate surface area is 243 Å². The van der Waals surface area contributed by atoms with Crippen molar-refractivity contribution in [2.45, 2.75) is 77.0 Å². The number of unbranched alkanes of at least 4 members (excludes halogenated alkanes) is 2. The molecule has 1 N–H and O–H groups in total. The Morgan fingerprint density at radius 2 is 1.54 bits per heavy atom. The number of esters is 1. The van der Waals surface area contributed by atoms with Crippen LogP contribution in [0.4, 0.5) is 8.78 Å². The predicted molar refractivity (Wildman–Crippen MR) is 162 cm³/mol. The molecule has 41 heavy (non-hydrogen) atoms. The first-order chi connectivity index (χ1) is 19.9. The molecule has 3 nitrogen and oxygen atoms in total. The van der Waals surface area contributed by atoms with Crippen molar-refractivity contribution in [1.29, 1.82) is 0 Å². The predicted octanol–water partition coefficient (Wildman–Crippen LogP) is 9.18. The summed E-state index contributed by atoms with van der Waals surface area (Å²) in [6.45, 7) is 5.37. The van der Waals surface area contributed by atoms with Gasteiger partial charge in [-0.1, -0.05) is 87.7 Å². The maximum Gasteiger partial charge on any atom is 0.335 e. The molecule has 1 fully saturated rings. The molecule has 1 aliphatic rings. The van der Waals surface area contributed by atoms with Crippen LogP contribution in [0.3, 0.4) is 0 Å². The molecule has 1 saturated carbocycles. The summed E-state index contributed by atoms with van der Waals surface area (Å²) in [6, 6.07) is 18.2. The summed E-state index contributed by atoms with van der Waals surface area (Å²) in [5, 5.41) is 8.90. The molecule has 0 unspecified atom stereocenters. The lowest BCUT2D eigenvalue weighted by Crippen LogP contribution is -2.13.